The van der Waals surface area contributed by atoms with Crippen molar-refractivity contribution in [3.8, 4) is 0 Å². The van der Waals surface area contributed by atoms with Crippen molar-refractivity contribution in [1.82, 2.24) is 4.90 Å². The first-order valence-electron chi connectivity index (χ1n) is 7.57. The predicted octanol–water partition coefficient (Wildman–Crippen LogP) is 2.85. The fraction of sp³-hybridized carbons (Fsp3) is 0.588. The number of nitrogens with zero attached hydrogens (tertiary/aromatic N) is 1. The van der Waals surface area contributed by atoms with Crippen LogP contribution in [-0.4, -0.2) is 29.9 Å². The lowest BCUT2D eigenvalue weighted by Gasteiger charge is -2.34. The lowest BCUT2D eigenvalue weighted by atomic mass is 9.90. The Morgan fingerprint density at radius 1 is 1.33 bits per heavy atom. The second-order valence-electron chi connectivity index (χ2n) is 6.18. The molecule has 0 radical (unpaired) electrons. The normalized spacial score (nSPS) is 17.2. The third-order valence-corrected chi connectivity index (χ3v) is 4.48. The molecule has 21 heavy (non-hydrogen) atoms. The highest BCUT2D eigenvalue weighted by Gasteiger charge is 2.24. The number of hydrogen-bond acceptors (Lipinski definition) is 2. The monoisotopic (exact) mass is 310 g/mol. The number of carbonyl (C=O) groups is 1. The molecule has 118 valence electrons. The average Bonchev–Trinajstić information content (AvgIpc) is 2.43. The fourth-order valence-electron chi connectivity index (χ4n) is 2.94. The molecule has 0 aliphatic carbocycles. The highest BCUT2D eigenvalue weighted by Crippen LogP contribution is 2.21. The zero-order valence-electron chi connectivity index (χ0n) is 13.3. The lowest BCUT2D eigenvalue weighted by molar-refractivity contribution is -0.131. The van der Waals surface area contributed by atoms with Gasteiger partial charge in [-0.15, -0.1) is 12.4 Å². The molecule has 0 aromatic heterocycles. The second-order valence-corrected chi connectivity index (χ2v) is 6.18. The summed E-state index contributed by atoms with van der Waals surface area (Å²) in [5, 5.41) is 0. The van der Waals surface area contributed by atoms with E-state index >= 15 is 0 Å². The molecule has 1 heterocycles. The summed E-state index contributed by atoms with van der Waals surface area (Å²) in [5.41, 5.74) is 9.52. The lowest BCUT2D eigenvalue weighted by Crippen LogP contribution is -2.43. The number of amides is 1. The van der Waals surface area contributed by atoms with Crippen molar-refractivity contribution in [3.05, 3.63) is 34.9 Å². The first-order valence-corrected chi connectivity index (χ1v) is 7.57. The fourth-order valence-corrected chi connectivity index (χ4v) is 2.94. The van der Waals surface area contributed by atoms with Crippen LogP contribution in [0.2, 0.25) is 0 Å². The van der Waals surface area contributed by atoms with Crippen LogP contribution in [0.1, 0.15) is 36.5 Å². The molecule has 0 bridgehead atoms. The van der Waals surface area contributed by atoms with Crippen LogP contribution in [0.4, 0.5) is 0 Å². The zero-order valence-corrected chi connectivity index (χ0v) is 14.1. The van der Waals surface area contributed by atoms with E-state index in [9.17, 15) is 4.79 Å². The average molecular weight is 311 g/mol. The van der Waals surface area contributed by atoms with E-state index in [0.29, 0.717) is 12.3 Å². The van der Waals surface area contributed by atoms with Crippen molar-refractivity contribution in [3.63, 3.8) is 0 Å². The van der Waals surface area contributed by atoms with Crippen molar-refractivity contribution in [1.29, 1.82) is 0 Å². The van der Waals surface area contributed by atoms with Gasteiger partial charge in [-0.25, -0.2) is 0 Å². The molecule has 1 atom stereocenters. The minimum absolute atomic E-state index is 0. The molecule has 1 aliphatic heterocycles. The number of rotatable bonds is 3. The minimum atomic E-state index is 0. The van der Waals surface area contributed by atoms with Gasteiger partial charge in [-0.05, 0) is 50.7 Å². The maximum Gasteiger partial charge on any atom is 0.226 e. The van der Waals surface area contributed by atoms with Gasteiger partial charge in [-0.1, -0.05) is 23.8 Å². The highest BCUT2D eigenvalue weighted by molar-refractivity contribution is 5.85. The topological polar surface area (TPSA) is 46.3 Å². The number of carbonyl (C=O) groups excluding carboxylic acids is 1. The molecule has 0 spiro atoms. The number of hydrogen-bond donors (Lipinski definition) is 1. The third-order valence-electron chi connectivity index (χ3n) is 4.48. The smallest absolute Gasteiger partial charge is 0.226 e. The number of benzene rings is 1. The van der Waals surface area contributed by atoms with E-state index < -0.39 is 0 Å². The van der Waals surface area contributed by atoms with Gasteiger partial charge in [0, 0.05) is 19.1 Å². The number of piperidine rings is 1. The van der Waals surface area contributed by atoms with Crippen molar-refractivity contribution >= 4 is 18.3 Å². The summed E-state index contributed by atoms with van der Waals surface area (Å²) in [7, 11) is 0. The molecular formula is C17H27ClN2O. The van der Waals surface area contributed by atoms with Gasteiger partial charge in [0.1, 0.15) is 0 Å². The summed E-state index contributed by atoms with van der Waals surface area (Å²) in [6, 6.07) is 6.56. The number of likely N-dealkylation sites (tertiary alicyclic amines) is 1. The Balaban J connectivity index is 0.00000220. The Labute approximate surface area is 134 Å². The molecule has 1 aliphatic rings. The Hall–Kier alpha value is -1.06. The second kappa shape index (κ2) is 7.81. The summed E-state index contributed by atoms with van der Waals surface area (Å²) in [5.74, 6) is 0.821. The van der Waals surface area contributed by atoms with Gasteiger partial charge in [0.2, 0.25) is 5.91 Å². The molecule has 2 rings (SSSR count). The summed E-state index contributed by atoms with van der Waals surface area (Å²) < 4.78 is 0. The van der Waals surface area contributed by atoms with Crippen LogP contribution in [0.25, 0.3) is 0 Å². The Morgan fingerprint density at radius 3 is 2.52 bits per heavy atom. The van der Waals surface area contributed by atoms with Gasteiger partial charge in [0.25, 0.3) is 0 Å². The SMILES string of the molecule is Cc1ccc(C)c(CC(=O)N2CCC(C(C)N)CC2)c1.Cl. The zero-order chi connectivity index (χ0) is 14.7. The quantitative estimate of drug-likeness (QED) is 0.933. The summed E-state index contributed by atoms with van der Waals surface area (Å²) in [6.07, 6.45) is 2.60. The largest absolute Gasteiger partial charge is 0.342 e. The summed E-state index contributed by atoms with van der Waals surface area (Å²) in [6.45, 7) is 7.93. The van der Waals surface area contributed by atoms with E-state index in [4.69, 9.17) is 5.73 Å². The first kappa shape index (κ1) is 18.0. The van der Waals surface area contributed by atoms with Gasteiger partial charge in [0.15, 0.2) is 0 Å². The maximum atomic E-state index is 12.4. The van der Waals surface area contributed by atoms with Crippen LogP contribution in [0, 0.1) is 19.8 Å². The van der Waals surface area contributed by atoms with Crippen molar-refractivity contribution in [2.24, 2.45) is 11.7 Å². The minimum Gasteiger partial charge on any atom is -0.342 e. The Bertz CT molecular complexity index is 480. The van der Waals surface area contributed by atoms with Crippen LogP contribution in [-0.2, 0) is 11.2 Å². The first-order chi connectivity index (χ1) is 9.47. The molecule has 1 aromatic rings. The molecular weight excluding hydrogens is 284 g/mol. The van der Waals surface area contributed by atoms with Gasteiger partial charge in [-0.3, -0.25) is 4.79 Å². The molecule has 1 fully saturated rings. The van der Waals surface area contributed by atoms with Gasteiger partial charge in [0.05, 0.1) is 6.42 Å². The van der Waals surface area contributed by atoms with E-state index in [1.807, 2.05) is 4.90 Å². The van der Waals surface area contributed by atoms with E-state index in [0.717, 1.165) is 31.5 Å². The molecule has 2 N–H and O–H groups in total. The van der Waals surface area contributed by atoms with Crippen molar-refractivity contribution < 1.29 is 4.79 Å². The molecule has 1 amide bonds. The van der Waals surface area contributed by atoms with Crippen LogP contribution in [0.15, 0.2) is 18.2 Å². The predicted molar refractivity (Wildman–Crippen MR) is 89.8 cm³/mol. The maximum absolute atomic E-state index is 12.4. The molecule has 1 unspecified atom stereocenters. The van der Waals surface area contributed by atoms with Crippen LogP contribution >= 0.6 is 12.4 Å². The summed E-state index contributed by atoms with van der Waals surface area (Å²) in [4.78, 5) is 14.4. The van der Waals surface area contributed by atoms with Gasteiger partial charge >= 0.3 is 0 Å². The molecule has 1 aromatic carbocycles. The van der Waals surface area contributed by atoms with E-state index in [-0.39, 0.29) is 24.4 Å². The molecule has 4 heteroatoms. The van der Waals surface area contributed by atoms with E-state index in [1.165, 1.54) is 11.1 Å². The third kappa shape index (κ3) is 4.72. The highest BCUT2D eigenvalue weighted by atomic mass is 35.5. The Kier molecular flexibility index (Phi) is 6.69. The summed E-state index contributed by atoms with van der Waals surface area (Å²) >= 11 is 0. The standard InChI is InChI=1S/C17H26N2O.ClH/c1-12-4-5-13(2)16(10-12)11-17(20)19-8-6-15(7-9-19)14(3)18;/h4-5,10,14-15H,6-9,11,18H2,1-3H3;1H. The number of aryl methyl sites for hydroxylation is 2. The van der Waals surface area contributed by atoms with Gasteiger partial charge in [-0.2, -0.15) is 0 Å². The van der Waals surface area contributed by atoms with Crippen molar-refractivity contribution in [2.75, 3.05) is 13.1 Å². The Morgan fingerprint density at radius 2 is 1.95 bits per heavy atom. The molecule has 1 saturated heterocycles. The van der Waals surface area contributed by atoms with Crippen LogP contribution in [0.5, 0.6) is 0 Å². The van der Waals surface area contributed by atoms with Crippen LogP contribution < -0.4 is 5.73 Å². The van der Waals surface area contributed by atoms with Crippen molar-refractivity contribution in [2.45, 2.75) is 46.1 Å². The van der Waals surface area contributed by atoms with Gasteiger partial charge < -0.3 is 10.6 Å². The van der Waals surface area contributed by atoms with E-state index in [2.05, 4.69) is 39.0 Å². The molecule has 0 saturated carbocycles. The number of nitrogens with two attached hydrogens (primary N) is 1. The number of halogens is 1. The van der Waals surface area contributed by atoms with Crippen LogP contribution in [0.3, 0.4) is 0 Å². The van der Waals surface area contributed by atoms with E-state index in [1.54, 1.807) is 0 Å². The molecule has 3 nitrogen and oxygen atoms in total.